The number of carbonyl (C=O) groups is 1. The van der Waals surface area contributed by atoms with Crippen molar-refractivity contribution in [2.45, 2.75) is 6.42 Å². The lowest BCUT2D eigenvalue weighted by Crippen LogP contribution is -2.49. The molecule has 1 aromatic heterocycles. The first-order valence-electron chi connectivity index (χ1n) is 10.6. The van der Waals surface area contributed by atoms with Crippen molar-refractivity contribution in [3.8, 4) is 28.5 Å². The predicted molar refractivity (Wildman–Crippen MR) is 119 cm³/mol. The lowest BCUT2D eigenvalue weighted by atomic mass is 10.1. The molecule has 5 rings (SSSR count). The molecule has 1 fully saturated rings. The molecule has 8 nitrogen and oxygen atoms in total. The monoisotopic (exact) mass is 432 g/mol. The summed E-state index contributed by atoms with van der Waals surface area (Å²) in [6, 6.07) is 17.3. The van der Waals surface area contributed by atoms with E-state index in [1.807, 2.05) is 59.5 Å². The van der Waals surface area contributed by atoms with Crippen molar-refractivity contribution >= 4 is 11.7 Å². The first-order valence-corrected chi connectivity index (χ1v) is 10.6. The molecule has 2 aromatic carbocycles. The van der Waals surface area contributed by atoms with Crippen LogP contribution in [0.1, 0.15) is 5.56 Å². The van der Waals surface area contributed by atoms with Crippen LogP contribution in [0.5, 0.6) is 17.2 Å². The molecular weight excluding hydrogens is 408 g/mol. The van der Waals surface area contributed by atoms with Gasteiger partial charge in [-0.25, -0.2) is 0 Å². The molecule has 0 atom stereocenters. The van der Waals surface area contributed by atoms with Gasteiger partial charge in [0.1, 0.15) is 5.75 Å². The summed E-state index contributed by atoms with van der Waals surface area (Å²) < 4.78 is 16.0. The molecular formula is C24H24N4O4. The van der Waals surface area contributed by atoms with Crippen LogP contribution in [0, 0.1) is 0 Å². The number of amides is 1. The summed E-state index contributed by atoms with van der Waals surface area (Å²) in [5, 5.41) is 8.81. The fourth-order valence-corrected chi connectivity index (χ4v) is 3.96. The topological polar surface area (TPSA) is 77.0 Å². The van der Waals surface area contributed by atoms with Gasteiger partial charge in [0.25, 0.3) is 0 Å². The summed E-state index contributed by atoms with van der Waals surface area (Å²) >= 11 is 0. The Balaban J connectivity index is 1.18. The number of piperazine rings is 1. The number of nitrogens with zero attached hydrogens (tertiary/aromatic N) is 4. The number of methoxy groups -OCH3 is 1. The van der Waals surface area contributed by atoms with Gasteiger partial charge in [0.15, 0.2) is 17.3 Å². The molecule has 0 unspecified atom stereocenters. The smallest absolute Gasteiger partial charge is 0.231 e. The second-order valence-electron chi connectivity index (χ2n) is 7.74. The van der Waals surface area contributed by atoms with E-state index in [-0.39, 0.29) is 12.7 Å². The number of benzene rings is 2. The van der Waals surface area contributed by atoms with E-state index in [4.69, 9.17) is 14.2 Å². The van der Waals surface area contributed by atoms with Gasteiger partial charge in [0.05, 0.1) is 19.2 Å². The normalized spacial score (nSPS) is 15.0. The molecule has 32 heavy (non-hydrogen) atoms. The molecule has 164 valence electrons. The van der Waals surface area contributed by atoms with Gasteiger partial charge in [0.2, 0.25) is 12.7 Å². The summed E-state index contributed by atoms with van der Waals surface area (Å²) in [5.74, 6) is 3.18. The van der Waals surface area contributed by atoms with Gasteiger partial charge in [-0.05, 0) is 48.0 Å². The number of hydrogen-bond acceptors (Lipinski definition) is 7. The van der Waals surface area contributed by atoms with E-state index in [0.717, 1.165) is 53.0 Å². The third kappa shape index (κ3) is 4.16. The average Bonchev–Trinajstić information content (AvgIpc) is 3.32. The zero-order valence-electron chi connectivity index (χ0n) is 17.9. The van der Waals surface area contributed by atoms with E-state index in [1.165, 1.54) is 0 Å². The summed E-state index contributed by atoms with van der Waals surface area (Å²) in [4.78, 5) is 16.8. The number of hydrogen-bond donors (Lipinski definition) is 0. The minimum absolute atomic E-state index is 0.127. The van der Waals surface area contributed by atoms with E-state index >= 15 is 0 Å². The number of rotatable bonds is 5. The first-order chi connectivity index (χ1) is 15.7. The van der Waals surface area contributed by atoms with Crippen molar-refractivity contribution in [3.63, 3.8) is 0 Å². The van der Waals surface area contributed by atoms with Gasteiger partial charge < -0.3 is 24.0 Å². The summed E-state index contributed by atoms with van der Waals surface area (Å²) in [5.41, 5.74) is 2.67. The minimum atomic E-state index is 0.127. The second-order valence-corrected chi connectivity index (χ2v) is 7.74. The lowest BCUT2D eigenvalue weighted by Gasteiger charge is -2.35. The number of carbonyl (C=O) groups excluding carboxylic acids is 1. The Kier molecular flexibility index (Phi) is 5.49. The third-order valence-corrected chi connectivity index (χ3v) is 5.76. The van der Waals surface area contributed by atoms with Crippen molar-refractivity contribution in [1.29, 1.82) is 0 Å². The Morgan fingerprint density at radius 2 is 1.81 bits per heavy atom. The van der Waals surface area contributed by atoms with Gasteiger partial charge in [-0.2, -0.15) is 0 Å². The molecule has 1 amide bonds. The van der Waals surface area contributed by atoms with Crippen LogP contribution in [0.2, 0.25) is 0 Å². The van der Waals surface area contributed by atoms with E-state index in [9.17, 15) is 4.79 Å². The molecule has 3 aromatic rings. The van der Waals surface area contributed by atoms with Crippen LogP contribution in [0.25, 0.3) is 11.3 Å². The number of aromatic nitrogens is 2. The average molecular weight is 432 g/mol. The van der Waals surface area contributed by atoms with Crippen LogP contribution in [-0.4, -0.2) is 61.1 Å². The van der Waals surface area contributed by atoms with Gasteiger partial charge >= 0.3 is 0 Å². The van der Waals surface area contributed by atoms with Crippen molar-refractivity contribution < 1.29 is 19.0 Å². The zero-order chi connectivity index (χ0) is 21.9. The van der Waals surface area contributed by atoms with Crippen molar-refractivity contribution in [2.75, 3.05) is 45.0 Å². The summed E-state index contributed by atoms with van der Waals surface area (Å²) in [6.45, 7) is 3.02. The van der Waals surface area contributed by atoms with Crippen LogP contribution >= 0.6 is 0 Å². The van der Waals surface area contributed by atoms with Crippen LogP contribution in [0.4, 0.5) is 5.82 Å². The van der Waals surface area contributed by atoms with Gasteiger partial charge in [0, 0.05) is 31.7 Å². The Labute approximate surface area is 186 Å². The Morgan fingerprint density at radius 1 is 0.969 bits per heavy atom. The number of anilines is 1. The van der Waals surface area contributed by atoms with E-state index < -0.39 is 0 Å². The Morgan fingerprint density at radius 3 is 2.59 bits per heavy atom. The minimum Gasteiger partial charge on any atom is -0.497 e. The molecule has 2 aliphatic heterocycles. The van der Waals surface area contributed by atoms with Crippen LogP contribution in [0.3, 0.4) is 0 Å². The highest BCUT2D eigenvalue weighted by Gasteiger charge is 2.22. The lowest BCUT2D eigenvalue weighted by molar-refractivity contribution is -0.130. The Hall–Kier alpha value is -3.81. The molecule has 0 spiro atoms. The SMILES string of the molecule is COc1cccc(CC(=O)N2CCN(c3ccc(-c4ccc5c(c4)OCO5)nn3)CC2)c1. The Bertz CT molecular complexity index is 1110. The summed E-state index contributed by atoms with van der Waals surface area (Å²) in [6.07, 6.45) is 0.376. The quantitative estimate of drug-likeness (QED) is 0.614. The highest BCUT2D eigenvalue weighted by Crippen LogP contribution is 2.35. The van der Waals surface area contributed by atoms with E-state index in [2.05, 4.69) is 15.1 Å². The third-order valence-electron chi connectivity index (χ3n) is 5.76. The first kappa shape index (κ1) is 20.1. The van der Waals surface area contributed by atoms with Crippen LogP contribution < -0.4 is 19.1 Å². The molecule has 0 saturated carbocycles. The molecule has 0 radical (unpaired) electrons. The molecule has 0 bridgehead atoms. The molecule has 0 aliphatic carbocycles. The molecule has 8 heteroatoms. The number of ether oxygens (including phenoxy) is 3. The molecule has 0 N–H and O–H groups in total. The van der Waals surface area contributed by atoms with E-state index in [0.29, 0.717) is 19.5 Å². The molecule has 3 heterocycles. The molecule has 1 saturated heterocycles. The van der Waals surface area contributed by atoms with Crippen LogP contribution in [-0.2, 0) is 11.2 Å². The van der Waals surface area contributed by atoms with Gasteiger partial charge in [-0.3, -0.25) is 4.79 Å². The number of fused-ring (bicyclic) bond motifs is 1. The van der Waals surface area contributed by atoms with E-state index in [1.54, 1.807) is 7.11 Å². The maximum atomic E-state index is 12.7. The fraction of sp³-hybridized carbons (Fsp3) is 0.292. The van der Waals surface area contributed by atoms with Gasteiger partial charge in [-0.1, -0.05) is 12.1 Å². The van der Waals surface area contributed by atoms with Crippen molar-refractivity contribution in [3.05, 3.63) is 60.2 Å². The highest BCUT2D eigenvalue weighted by molar-refractivity contribution is 5.79. The van der Waals surface area contributed by atoms with Crippen LogP contribution in [0.15, 0.2) is 54.6 Å². The maximum absolute atomic E-state index is 12.7. The highest BCUT2D eigenvalue weighted by atomic mass is 16.7. The van der Waals surface area contributed by atoms with Crippen molar-refractivity contribution in [2.24, 2.45) is 0 Å². The fourth-order valence-electron chi connectivity index (χ4n) is 3.96. The van der Waals surface area contributed by atoms with Crippen molar-refractivity contribution in [1.82, 2.24) is 15.1 Å². The standard InChI is InChI=1S/C24H24N4O4/c1-30-19-4-2-3-17(13-19)14-24(29)28-11-9-27(10-12-28)23-8-6-20(25-26-23)18-5-7-21-22(15-18)32-16-31-21/h2-8,13,15H,9-12,14,16H2,1H3. The van der Waals surface area contributed by atoms with Gasteiger partial charge in [-0.15, -0.1) is 10.2 Å². The zero-order valence-corrected chi connectivity index (χ0v) is 17.9. The predicted octanol–water partition coefficient (Wildman–Crippen LogP) is 2.77. The maximum Gasteiger partial charge on any atom is 0.231 e. The molecule has 2 aliphatic rings. The second kappa shape index (κ2) is 8.74. The summed E-state index contributed by atoms with van der Waals surface area (Å²) in [7, 11) is 1.63. The largest absolute Gasteiger partial charge is 0.497 e.